The van der Waals surface area contributed by atoms with E-state index in [0.29, 0.717) is 65.2 Å². The van der Waals surface area contributed by atoms with E-state index in [1.54, 1.807) is 37.3 Å². The quantitative estimate of drug-likeness (QED) is 0.192. The van der Waals surface area contributed by atoms with Gasteiger partial charge in [-0.3, -0.25) is 19.0 Å². The molecule has 0 aliphatic carbocycles. The van der Waals surface area contributed by atoms with Crippen LogP contribution in [0.4, 0.5) is 10.1 Å². The third kappa shape index (κ3) is 6.14. The zero-order valence-corrected chi connectivity index (χ0v) is 23.0. The van der Waals surface area contributed by atoms with E-state index < -0.39 is 17.4 Å². The molecule has 3 aromatic carbocycles. The van der Waals surface area contributed by atoms with Gasteiger partial charge in [-0.05, 0) is 73.9 Å². The van der Waals surface area contributed by atoms with Gasteiger partial charge in [0, 0.05) is 37.1 Å². The largest absolute Gasteiger partial charge is 0.481 e. The number of amides is 1. The normalized spacial score (nSPS) is 16.2. The van der Waals surface area contributed by atoms with Crippen molar-refractivity contribution >= 4 is 34.2 Å². The summed E-state index contributed by atoms with van der Waals surface area (Å²) < 4.78 is 15.0. The Hall–Kier alpha value is -5.06. The van der Waals surface area contributed by atoms with Crippen LogP contribution in [0.25, 0.3) is 16.6 Å². The summed E-state index contributed by atoms with van der Waals surface area (Å²) in [6, 6.07) is 17.8. The number of nitrogens with zero attached hydrogens (tertiary/aromatic N) is 3. The van der Waals surface area contributed by atoms with Gasteiger partial charge in [0.05, 0.1) is 22.3 Å². The molecular weight excluding hydrogens is 541 g/mol. The van der Waals surface area contributed by atoms with Gasteiger partial charge >= 0.3 is 5.97 Å². The Bertz CT molecular complexity index is 1730. The molecule has 10 nitrogen and oxygen atoms in total. The Balaban J connectivity index is 1.39. The number of nitrogens with two attached hydrogens (primary N) is 1. The van der Waals surface area contributed by atoms with E-state index in [2.05, 4.69) is 10.5 Å². The predicted molar refractivity (Wildman–Crippen MR) is 156 cm³/mol. The number of hydrogen-bond acceptors (Lipinski definition) is 7. The van der Waals surface area contributed by atoms with Crippen molar-refractivity contribution in [1.82, 2.24) is 14.9 Å². The number of anilines is 1. The van der Waals surface area contributed by atoms with Gasteiger partial charge in [0.2, 0.25) is 5.60 Å². The zero-order chi connectivity index (χ0) is 29.9. The number of carboxylic acid groups (broad SMARTS) is 1. The van der Waals surface area contributed by atoms with Crippen LogP contribution in [-0.2, 0) is 27.4 Å². The highest BCUT2D eigenvalue weighted by molar-refractivity contribution is 6.07. The Morgan fingerprint density at radius 2 is 1.83 bits per heavy atom. The lowest BCUT2D eigenvalue weighted by Crippen LogP contribution is -2.44. The van der Waals surface area contributed by atoms with Crippen LogP contribution in [0.2, 0.25) is 0 Å². The first kappa shape index (κ1) is 28.5. The number of carbonyl (C=O) groups excluding carboxylic acids is 1. The number of aromatic nitrogens is 2. The fourth-order valence-corrected chi connectivity index (χ4v) is 4.82. The molecule has 5 rings (SSSR count). The van der Waals surface area contributed by atoms with Gasteiger partial charge in [0.15, 0.2) is 0 Å². The van der Waals surface area contributed by atoms with E-state index in [9.17, 15) is 18.8 Å². The number of halogens is 1. The van der Waals surface area contributed by atoms with Crippen molar-refractivity contribution in [2.45, 2.75) is 51.2 Å². The number of aliphatic carboxylic acids is 1. The number of hydrogen-bond donors (Lipinski definition) is 3. The van der Waals surface area contributed by atoms with Crippen LogP contribution in [0.15, 0.2) is 76.7 Å². The van der Waals surface area contributed by atoms with Crippen LogP contribution in [0, 0.1) is 5.82 Å². The summed E-state index contributed by atoms with van der Waals surface area (Å²) in [6.45, 7) is 1.97. The number of benzene rings is 3. The molecule has 1 atom stereocenters. The highest BCUT2D eigenvalue weighted by Crippen LogP contribution is 2.28. The summed E-state index contributed by atoms with van der Waals surface area (Å²) in [5, 5.41) is 16.4. The minimum Gasteiger partial charge on any atom is -0.481 e. The third-order valence-electron chi connectivity index (χ3n) is 7.17. The molecule has 0 bridgehead atoms. The molecule has 0 radical (unpaired) electrons. The predicted octanol–water partition coefficient (Wildman–Crippen LogP) is 4.10. The Labute approximate surface area is 240 Å². The van der Waals surface area contributed by atoms with Gasteiger partial charge in [0.25, 0.3) is 11.5 Å². The summed E-state index contributed by atoms with van der Waals surface area (Å²) in [7, 11) is 0. The maximum atomic E-state index is 13.6. The van der Waals surface area contributed by atoms with Crippen molar-refractivity contribution in [2.75, 3.05) is 5.73 Å². The molecule has 1 aliphatic heterocycles. The van der Waals surface area contributed by atoms with E-state index in [-0.39, 0.29) is 24.3 Å². The van der Waals surface area contributed by atoms with Crippen LogP contribution < -0.4 is 16.6 Å². The van der Waals surface area contributed by atoms with Crippen LogP contribution in [0.1, 0.15) is 49.6 Å². The zero-order valence-electron chi connectivity index (χ0n) is 23.0. The molecular formula is C31H30FN5O5. The molecule has 4 N–H and O–H groups in total. The lowest BCUT2D eigenvalue weighted by atomic mass is 9.94. The van der Waals surface area contributed by atoms with Crippen LogP contribution in [0.3, 0.4) is 0 Å². The molecule has 42 heavy (non-hydrogen) atoms. The van der Waals surface area contributed by atoms with E-state index in [1.165, 1.54) is 28.8 Å². The van der Waals surface area contributed by atoms with Crippen LogP contribution >= 0.6 is 0 Å². The van der Waals surface area contributed by atoms with Crippen molar-refractivity contribution in [1.29, 1.82) is 0 Å². The number of aryl methyl sites for hydroxylation is 1. The molecule has 11 heteroatoms. The highest BCUT2D eigenvalue weighted by Gasteiger charge is 2.42. The first-order valence-electron chi connectivity index (χ1n) is 13.5. The Morgan fingerprint density at radius 3 is 2.55 bits per heavy atom. The average Bonchev–Trinajstić information content (AvgIpc) is 3.38. The summed E-state index contributed by atoms with van der Waals surface area (Å²) in [5.41, 5.74) is 7.78. The number of carboxylic acids is 1. The van der Waals surface area contributed by atoms with Gasteiger partial charge in [0.1, 0.15) is 11.6 Å². The number of fused-ring (bicyclic) bond motifs is 1. The topological polar surface area (TPSA) is 149 Å². The lowest BCUT2D eigenvalue weighted by molar-refractivity contribution is -0.142. The average molecular weight is 572 g/mol. The second-order valence-electron chi connectivity index (χ2n) is 10.4. The van der Waals surface area contributed by atoms with Crippen molar-refractivity contribution < 1.29 is 23.9 Å². The summed E-state index contributed by atoms with van der Waals surface area (Å²) >= 11 is 0. The number of nitrogen functional groups attached to an aromatic ring is 1. The molecule has 2 heterocycles. The molecule has 216 valence electrons. The minimum atomic E-state index is -1.22. The van der Waals surface area contributed by atoms with Crippen molar-refractivity contribution in [2.24, 2.45) is 5.16 Å². The van der Waals surface area contributed by atoms with E-state index in [4.69, 9.17) is 20.7 Å². The third-order valence-corrected chi connectivity index (χ3v) is 7.17. The fourth-order valence-electron chi connectivity index (χ4n) is 4.82. The Morgan fingerprint density at radius 1 is 1.10 bits per heavy atom. The SMILES string of the molecule is C[C@@]1(C(=O)NCc2ccc(N)cc2)CC(c2ccc3c(=O)n(-c4ccc(F)cc4)c(CCCCC(=O)O)nc3c2)=NO1. The molecule has 0 unspecified atom stereocenters. The molecule has 0 saturated heterocycles. The van der Waals surface area contributed by atoms with E-state index >= 15 is 0 Å². The molecule has 1 aromatic heterocycles. The molecule has 1 amide bonds. The van der Waals surface area contributed by atoms with Crippen LogP contribution in [-0.4, -0.2) is 37.8 Å². The first-order chi connectivity index (χ1) is 20.1. The molecule has 4 aromatic rings. The van der Waals surface area contributed by atoms with Crippen molar-refractivity contribution in [3.05, 3.63) is 99.9 Å². The number of nitrogens with one attached hydrogen (secondary N) is 1. The molecule has 1 aliphatic rings. The number of rotatable bonds is 10. The van der Waals surface area contributed by atoms with Gasteiger partial charge in [-0.2, -0.15) is 0 Å². The second kappa shape index (κ2) is 11.8. The summed E-state index contributed by atoms with van der Waals surface area (Å²) in [6.07, 6.45) is 1.47. The second-order valence-corrected chi connectivity index (χ2v) is 10.4. The van der Waals surface area contributed by atoms with Crippen molar-refractivity contribution in [3.8, 4) is 5.69 Å². The van der Waals surface area contributed by atoms with E-state index in [1.807, 2.05) is 12.1 Å². The number of unbranched alkanes of at least 4 members (excludes halogenated alkanes) is 1. The summed E-state index contributed by atoms with van der Waals surface area (Å²) in [4.78, 5) is 48.0. The summed E-state index contributed by atoms with van der Waals surface area (Å²) in [5.74, 6) is -1.22. The molecule has 0 spiro atoms. The number of oxime groups is 1. The number of carbonyl (C=O) groups is 2. The maximum Gasteiger partial charge on any atom is 0.303 e. The monoisotopic (exact) mass is 571 g/mol. The smallest absolute Gasteiger partial charge is 0.303 e. The minimum absolute atomic E-state index is 0.00462. The van der Waals surface area contributed by atoms with Gasteiger partial charge in [-0.1, -0.05) is 23.4 Å². The van der Waals surface area contributed by atoms with Crippen LogP contribution in [0.5, 0.6) is 0 Å². The molecule has 0 saturated carbocycles. The van der Waals surface area contributed by atoms with Gasteiger partial charge in [-0.25, -0.2) is 9.37 Å². The first-order valence-corrected chi connectivity index (χ1v) is 13.5. The lowest BCUT2D eigenvalue weighted by Gasteiger charge is -2.20. The maximum absolute atomic E-state index is 13.6. The van der Waals surface area contributed by atoms with Gasteiger partial charge < -0.3 is 21.0 Å². The Kier molecular flexibility index (Phi) is 8.01. The molecule has 0 fully saturated rings. The highest BCUT2D eigenvalue weighted by atomic mass is 19.1. The fraction of sp³-hybridized carbons (Fsp3) is 0.258. The van der Waals surface area contributed by atoms with Gasteiger partial charge in [-0.15, -0.1) is 0 Å². The van der Waals surface area contributed by atoms with Crippen molar-refractivity contribution in [3.63, 3.8) is 0 Å². The standard InChI is InChI=1S/C31H30FN5O5/c1-31(30(41)34-18-19-6-11-22(33)12-7-19)17-26(36-42-31)20-8-15-24-25(16-20)35-27(4-2-3-5-28(38)39)37(29(24)40)23-13-9-21(32)10-14-23/h6-16H,2-5,17-18,33H2,1H3,(H,34,41)(H,38,39)/t31-/m0/s1. The van der Waals surface area contributed by atoms with E-state index in [0.717, 1.165) is 5.56 Å².